The number of benzene rings is 1. The van der Waals surface area contributed by atoms with Gasteiger partial charge in [0.05, 0.1) is 6.61 Å². The molecule has 0 spiro atoms. The van der Waals surface area contributed by atoms with Gasteiger partial charge in [0.1, 0.15) is 17.2 Å². The summed E-state index contributed by atoms with van der Waals surface area (Å²) in [6.45, 7) is 3.03. The van der Waals surface area contributed by atoms with Gasteiger partial charge in [0, 0.05) is 18.5 Å². The van der Waals surface area contributed by atoms with E-state index in [9.17, 15) is 4.79 Å². The number of furan rings is 1. The molecule has 0 aliphatic carbocycles. The van der Waals surface area contributed by atoms with Crippen molar-refractivity contribution >= 4 is 5.91 Å². The summed E-state index contributed by atoms with van der Waals surface area (Å²) in [7, 11) is 0. The zero-order valence-electron chi connectivity index (χ0n) is 13.9. The molecule has 128 valence electrons. The SMILES string of the molecule is Cc1ccc(-c2cc(C(=O)NC[C@@H]3COc4ccccc4C3)n[nH]2)o1. The van der Waals surface area contributed by atoms with Gasteiger partial charge in [-0.15, -0.1) is 0 Å². The number of nitrogens with one attached hydrogen (secondary N) is 2. The molecule has 1 atom stereocenters. The molecular weight excluding hydrogens is 318 g/mol. The van der Waals surface area contributed by atoms with Gasteiger partial charge in [-0.1, -0.05) is 18.2 Å². The van der Waals surface area contributed by atoms with Crippen LogP contribution in [0.15, 0.2) is 46.9 Å². The van der Waals surface area contributed by atoms with Crippen LogP contribution in [0.1, 0.15) is 21.8 Å². The number of H-pyrrole nitrogens is 1. The van der Waals surface area contributed by atoms with Crippen LogP contribution < -0.4 is 10.1 Å². The lowest BCUT2D eigenvalue weighted by Gasteiger charge is -2.25. The number of carbonyl (C=O) groups is 1. The van der Waals surface area contributed by atoms with E-state index >= 15 is 0 Å². The van der Waals surface area contributed by atoms with Crippen molar-refractivity contribution in [2.24, 2.45) is 5.92 Å². The Morgan fingerprint density at radius 3 is 3.04 bits per heavy atom. The van der Waals surface area contributed by atoms with Crippen LogP contribution in [-0.4, -0.2) is 29.3 Å². The number of amides is 1. The summed E-state index contributed by atoms with van der Waals surface area (Å²) >= 11 is 0. The van der Waals surface area contributed by atoms with Gasteiger partial charge in [-0.05, 0) is 37.1 Å². The highest BCUT2D eigenvalue weighted by Crippen LogP contribution is 2.26. The third kappa shape index (κ3) is 3.28. The Morgan fingerprint density at radius 2 is 2.20 bits per heavy atom. The Balaban J connectivity index is 1.36. The Bertz CT molecular complexity index is 897. The topological polar surface area (TPSA) is 80.1 Å². The Labute approximate surface area is 145 Å². The zero-order chi connectivity index (χ0) is 17.2. The molecule has 2 N–H and O–H groups in total. The molecule has 6 nitrogen and oxygen atoms in total. The molecule has 3 heterocycles. The number of nitrogens with zero attached hydrogens (tertiary/aromatic N) is 1. The normalized spacial score (nSPS) is 16.1. The van der Waals surface area contributed by atoms with Gasteiger partial charge in [-0.3, -0.25) is 9.89 Å². The lowest BCUT2D eigenvalue weighted by Crippen LogP contribution is -2.34. The van der Waals surface area contributed by atoms with Gasteiger partial charge in [-0.2, -0.15) is 5.10 Å². The van der Waals surface area contributed by atoms with Gasteiger partial charge in [0.2, 0.25) is 0 Å². The highest BCUT2D eigenvalue weighted by atomic mass is 16.5. The molecule has 6 heteroatoms. The summed E-state index contributed by atoms with van der Waals surface area (Å²) in [6, 6.07) is 13.4. The zero-order valence-corrected chi connectivity index (χ0v) is 13.9. The number of ether oxygens (including phenoxy) is 1. The minimum Gasteiger partial charge on any atom is -0.493 e. The summed E-state index contributed by atoms with van der Waals surface area (Å²) in [5, 5.41) is 9.85. The third-order valence-electron chi connectivity index (χ3n) is 4.32. The molecular formula is C19H19N3O3. The van der Waals surface area contributed by atoms with Gasteiger partial charge in [0.15, 0.2) is 11.5 Å². The monoisotopic (exact) mass is 337 g/mol. The van der Waals surface area contributed by atoms with E-state index in [-0.39, 0.29) is 11.8 Å². The molecule has 0 saturated carbocycles. The van der Waals surface area contributed by atoms with Crippen molar-refractivity contribution < 1.29 is 13.9 Å². The van der Waals surface area contributed by atoms with Crippen LogP contribution in [0.25, 0.3) is 11.5 Å². The average Bonchev–Trinajstić information content (AvgIpc) is 3.28. The van der Waals surface area contributed by atoms with Crippen LogP contribution in [0.2, 0.25) is 0 Å². The molecule has 0 saturated heterocycles. The Kier molecular flexibility index (Phi) is 4.01. The number of hydrogen-bond donors (Lipinski definition) is 2. The fraction of sp³-hybridized carbons (Fsp3) is 0.263. The second-order valence-electron chi connectivity index (χ2n) is 6.28. The van der Waals surface area contributed by atoms with Crippen LogP contribution in [0, 0.1) is 12.8 Å². The van der Waals surface area contributed by atoms with Crippen molar-refractivity contribution in [2.75, 3.05) is 13.2 Å². The molecule has 1 aliphatic rings. The first-order valence-electron chi connectivity index (χ1n) is 8.30. The van der Waals surface area contributed by atoms with Crippen LogP contribution in [0.3, 0.4) is 0 Å². The fourth-order valence-electron chi connectivity index (χ4n) is 2.99. The minimum atomic E-state index is -0.204. The third-order valence-corrected chi connectivity index (χ3v) is 4.32. The number of aryl methyl sites for hydroxylation is 1. The van der Waals surface area contributed by atoms with Crippen LogP contribution in [0.5, 0.6) is 5.75 Å². The lowest BCUT2D eigenvalue weighted by atomic mass is 9.97. The fourth-order valence-corrected chi connectivity index (χ4v) is 2.99. The number of fused-ring (bicyclic) bond motifs is 1. The van der Waals surface area contributed by atoms with E-state index in [2.05, 4.69) is 21.6 Å². The first kappa shape index (κ1) is 15.5. The molecule has 0 bridgehead atoms. The molecule has 0 radical (unpaired) electrons. The highest BCUT2D eigenvalue weighted by molar-refractivity contribution is 5.93. The summed E-state index contributed by atoms with van der Waals surface area (Å²) in [6.07, 6.45) is 0.897. The van der Waals surface area contributed by atoms with Crippen molar-refractivity contribution in [3.8, 4) is 17.2 Å². The van der Waals surface area contributed by atoms with Crippen molar-refractivity contribution in [1.29, 1.82) is 0 Å². The summed E-state index contributed by atoms with van der Waals surface area (Å²) < 4.78 is 11.3. The average molecular weight is 337 g/mol. The molecule has 4 rings (SSSR count). The number of para-hydroxylation sites is 1. The maximum atomic E-state index is 12.3. The van der Waals surface area contributed by atoms with E-state index in [1.807, 2.05) is 37.3 Å². The van der Waals surface area contributed by atoms with Crippen molar-refractivity contribution in [3.63, 3.8) is 0 Å². The number of aromatic nitrogens is 2. The summed E-state index contributed by atoms with van der Waals surface area (Å²) in [5.74, 6) is 2.47. The van der Waals surface area contributed by atoms with Crippen LogP contribution in [-0.2, 0) is 6.42 Å². The largest absolute Gasteiger partial charge is 0.493 e. The molecule has 2 aromatic heterocycles. The highest BCUT2D eigenvalue weighted by Gasteiger charge is 2.21. The van der Waals surface area contributed by atoms with Crippen molar-refractivity contribution in [3.05, 3.63) is 59.5 Å². The van der Waals surface area contributed by atoms with E-state index in [0.29, 0.717) is 30.3 Å². The molecule has 25 heavy (non-hydrogen) atoms. The number of aromatic amines is 1. The van der Waals surface area contributed by atoms with Crippen LogP contribution in [0.4, 0.5) is 0 Å². The van der Waals surface area contributed by atoms with Gasteiger partial charge in [0.25, 0.3) is 5.91 Å². The molecule has 1 aliphatic heterocycles. The van der Waals surface area contributed by atoms with E-state index in [0.717, 1.165) is 17.9 Å². The predicted octanol–water partition coefficient (Wildman–Crippen LogP) is 2.96. The quantitative estimate of drug-likeness (QED) is 0.767. The molecule has 1 amide bonds. The van der Waals surface area contributed by atoms with E-state index < -0.39 is 0 Å². The maximum absolute atomic E-state index is 12.3. The Morgan fingerprint density at radius 1 is 1.32 bits per heavy atom. The van der Waals surface area contributed by atoms with Gasteiger partial charge < -0.3 is 14.5 Å². The van der Waals surface area contributed by atoms with E-state index in [1.165, 1.54) is 5.56 Å². The maximum Gasteiger partial charge on any atom is 0.271 e. The van der Waals surface area contributed by atoms with E-state index in [1.54, 1.807) is 6.07 Å². The van der Waals surface area contributed by atoms with Crippen molar-refractivity contribution in [1.82, 2.24) is 15.5 Å². The van der Waals surface area contributed by atoms with E-state index in [4.69, 9.17) is 9.15 Å². The van der Waals surface area contributed by atoms with Crippen LogP contribution >= 0.6 is 0 Å². The standard InChI is InChI=1S/C19H19N3O3/c1-12-6-7-18(25-12)15-9-16(22-21-15)19(23)20-10-13-8-14-4-2-3-5-17(14)24-11-13/h2-7,9,13H,8,10-11H2,1H3,(H,20,23)(H,21,22)/t13-/m1/s1. The first-order valence-corrected chi connectivity index (χ1v) is 8.30. The number of carbonyl (C=O) groups excluding carboxylic acids is 1. The second-order valence-corrected chi connectivity index (χ2v) is 6.28. The minimum absolute atomic E-state index is 0.204. The summed E-state index contributed by atoms with van der Waals surface area (Å²) in [4.78, 5) is 12.3. The predicted molar refractivity (Wildman–Crippen MR) is 92.5 cm³/mol. The first-order chi connectivity index (χ1) is 12.2. The molecule has 0 fully saturated rings. The second kappa shape index (κ2) is 6.47. The lowest BCUT2D eigenvalue weighted by molar-refractivity contribution is 0.0934. The van der Waals surface area contributed by atoms with Gasteiger partial charge in [-0.25, -0.2) is 0 Å². The molecule has 0 unspecified atom stereocenters. The molecule has 1 aromatic carbocycles. The van der Waals surface area contributed by atoms with Crippen molar-refractivity contribution in [2.45, 2.75) is 13.3 Å². The number of hydrogen-bond acceptors (Lipinski definition) is 4. The summed E-state index contributed by atoms with van der Waals surface area (Å²) in [5.41, 5.74) is 2.22. The Hall–Kier alpha value is -3.02. The smallest absolute Gasteiger partial charge is 0.271 e. The van der Waals surface area contributed by atoms with Gasteiger partial charge >= 0.3 is 0 Å². The number of rotatable bonds is 4. The molecule has 3 aromatic rings.